The SMILES string of the molecule is CCCCC(CC)CN1C(=O)/C(=C\c2c(C)c(C#N)c(=O)n(CCCC)c2N2CCC(C(=O)OCC)CC2)SC1=S. The third kappa shape index (κ3) is 7.61. The Morgan fingerprint density at radius 2 is 1.85 bits per heavy atom. The number of ether oxygens (including phenoxy) is 1. The molecule has 8 nitrogen and oxygen atoms in total. The van der Waals surface area contributed by atoms with Crippen LogP contribution in [0.4, 0.5) is 5.82 Å². The smallest absolute Gasteiger partial charge is 0.309 e. The molecule has 0 aromatic carbocycles. The Morgan fingerprint density at radius 1 is 1.17 bits per heavy atom. The number of unbranched alkanes of at least 4 members (excludes halogenated alkanes) is 2. The van der Waals surface area contributed by atoms with Crippen LogP contribution in [0.15, 0.2) is 9.70 Å². The standard InChI is InChI=1S/C31H44N4O4S2/c1-6-10-12-22(8-3)20-35-29(37)26(41-31(35)40)18-24-21(5)25(19-32)28(36)34(15-11-7-2)27(24)33-16-13-23(14-17-33)30(38)39-9-4/h18,22-23H,6-17,20H2,1-5H3/b26-18+. The number of nitrogens with zero attached hydrogens (tertiary/aromatic N) is 4. The highest BCUT2D eigenvalue weighted by Gasteiger charge is 2.35. The number of carbonyl (C=O) groups excluding carboxylic acids is 2. The van der Waals surface area contributed by atoms with Gasteiger partial charge >= 0.3 is 5.97 Å². The maximum absolute atomic E-state index is 13.7. The third-order valence-electron chi connectivity index (χ3n) is 8.13. The number of piperidine rings is 1. The van der Waals surface area contributed by atoms with Crippen molar-refractivity contribution in [3.05, 3.63) is 31.9 Å². The molecule has 1 unspecified atom stereocenters. The van der Waals surface area contributed by atoms with Gasteiger partial charge in [-0.15, -0.1) is 0 Å². The lowest BCUT2D eigenvalue weighted by Gasteiger charge is -2.35. The van der Waals surface area contributed by atoms with Crippen LogP contribution in [0.3, 0.4) is 0 Å². The van der Waals surface area contributed by atoms with E-state index in [0.717, 1.165) is 38.5 Å². The van der Waals surface area contributed by atoms with Crippen molar-refractivity contribution < 1.29 is 14.3 Å². The Bertz CT molecular complexity index is 1260. The molecule has 2 fully saturated rings. The molecule has 2 aliphatic rings. The summed E-state index contributed by atoms with van der Waals surface area (Å²) in [5, 5.41) is 9.97. The average molecular weight is 601 g/mol. The van der Waals surface area contributed by atoms with E-state index in [4.69, 9.17) is 17.0 Å². The van der Waals surface area contributed by atoms with Crippen molar-refractivity contribution in [2.75, 3.05) is 31.1 Å². The van der Waals surface area contributed by atoms with Crippen LogP contribution < -0.4 is 10.5 Å². The van der Waals surface area contributed by atoms with E-state index in [1.54, 1.807) is 16.4 Å². The Balaban J connectivity index is 2.06. The summed E-state index contributed by atoms with van der Waals surface area (Å²) in [6.45, 7) is 12.5. The predicted molar refractivity (Wildman–Crippen MR) is 170 cm³/mol. The van der Waals surface area contributed by atoms with Gasteiger partial charge in [0.25, 0.3) is 11.5 Å². The number of rotatable bonds is 13. The molecule has 2 aliphatic heterocycles. The summed E-state index contributed by atoms with van der Waals surface area (Å²) < 4.78 is 7.50. The number of carbonyl (C=O) groups is 2. The molecule has 1 amide bonds. The van der Waals surface area contributed by atoms with Crippen LogP contribution in [0, 0.1) is 30.1 Å². The zero-order chi connectivity index (χ0) is 30.1. The molecule has 224 valence electrons. The van der Waals surface area contributed by atoms with E-state index in [2.05, 4.69) is 31.7 Å². The maximum atomic E-state index is 13.7. The van der Waals surface area contributed by atoms with Crippen LogP contribution >= 0.6 is 24.0 Å². The van der Waals surface area contributed by atoms with Crippen LogP contribution in [0.1, 0.15) is 95.8 Å². The van der Waals surface area contributed by atoms with E-state index in [1.165, 1.54) is 11.8 Å². The first kappa shape index (κ1) is 32.9. The number of hydrogen-bond donors (Lipinski definition) is 0. The number of nitriles is 1. The molecule has 1 aromatic rings. The lowest BCUT2D eigenvalue weighted by molar-refractivity contribution is -0.148. The van der Waals surface area contributed by atoms with E-state index in [9.17, 15) is 19.6 Å². The van der Waals surface area contributed by atoms with Gasteiger partial charge in [-0.3, -0.25) is 23.9 Å². The second-order valence-electron chi connectivity index (χ2n) is 10.9. The molecule has 0 aliphatic carbocycles. The summed E-state index contributed by atoms with van der Waals surface area (Å²) in [4.78, 5) is 44.0. The normalized spacial score (nSPS) is 17.8. The molecule has 1 aromatic heterocycles. The van der Waals surface area contributed by atoms with Crippen LogP contribution in [0.25, 0.3) is 6.08 Å². The van der Waals surface area contributed by atoms with E-state index in [0.29, 0.717) is 77.7 Å². The average Bonchev–Trinajstić information content (AvgIpc) is 3.23. The van der Waals surface area contributed by atoms with E-state index in [1.807, 2.05) is 13.0 Å². The second-order valence-corrected chi connectivity index (χ2v) is 12.6. The molecule has 3 rings (SSSR count). The van der Waals surface area contributed by atoms with Crippen LogP contribution in [0.5, 0.6) is 0 Å². The number of esters is 1. The minimum absolute atomic E-state index is 0.0959. The summed E-state index contributed by atoms with van der Waals surface area (Å²) in [5.41, 5.74) is 1.05. The summed E-state index contributed by atoms with van der Waals surface area (Å²) >= 11 is 6.94. The first-order valence-electron chi connectivity index (χ1n) is 15.1. The van der Waals surface area contributed by atoms with Gasteiger partial charge in [0.1, 0.15) is 21.8 Å². The van der Waals surface area contributed by atoms with E-state index < -0.39 is 0 Å². The van der Waals surface area contributed by atoms with Crippen LogP contribution in [-0.2, 0) is 20.9 Å². The third-order valence-corrected chi connectivity index (χ3v) is 9.51. The van der Waals surface area contributed by atoms with Gasteiger partial charge in [-0.2, -0.15) is 5.26 Å². The summed E-state index contributed by atoms with van der Waals surface area (Å²) in [5.74, 6) is 0.615. The topological polar surface area (TPSA) is 95.6 Å². The number of anilines is 1. The van der Waals surface area contributed by atoms with E-state index >= 15 is 0 Å². The van der Waals surface area contributed by atoms with Gasteiger partial charge < -0.3 is 9.64 Å². The fraction of sp³-hybridized carbons (Fsp3) is 0.645. The van der Waals surface area contributed by atoms with Crippen molar-refractivity contribution in [2.45, 2.75) is 92.5 Å². The first-order valence-corrected chi connectivity index (χ1v) is 16.3. The molecule has 0 radical (unpaired) electrons. The lowest BCUT2D eigenvalue weighted by atomic mass is 9.95. The van der Waals surface area contributed by atoms with Gasteiger partial charge in [-0.05, 0) is 57.1 Å². The molecule has 0 bridgehead atoms. The molecule has 0 spiro atoms. The van der Waals surface area contributed by atoms with Crippen LogP contribution in [-0.4, -0.2) is 51.9 Å². The van der Waals surface area contributed by atoms with Crippen molar-refractivity contribution in [1.82, 2.24) is 9.47 Å². The minimum atomic E-state index is -0.313. The molecule has 2 saturated heterocycles. The van der Waals surface area contributed by atoms with E-state index in [-0.39, 0.29) is 28.9 Å². The highest BCUT2D eigenvalue weighted by Crippen LogP contribution is 2.37. The van der Waals surface area contributed by atoms with Crippen molar-refractivity contribution in [1.29, 1.82) is 5.26 Å². The predicted octanol–water partition coefficient (Wildman–Crippen LogP) is 6.03. The minimum Gasteiger partial charge on any atom is -0.466 e. The van der Waals surface area contributed by atoms with Crippen molar-refractivity contribution in [3.63, 3.8) is 0 Å². The molecular weight excluding hydrogens is 556 g/mol. The number of thiocarbonyl (C=S) groups is 1. The Kier molecular flexibility index (Phi) is 12.5. The summed E-state index contributed by atoms with van der Waals surface area (Å²) in [6, 6.07) is 2.12. The second kappa shape index (κ2) is 15.5. The molecule has 0 N–H and O–H groups in total. The molecule has 3 heterocycles. The first-order chi connectivity index (χ1) is 19.7. The fourth-order valence-corrected chi connectivity index (χ4v) is 6.82. The zero-order valence-electron chi connectivity index (χ0n) is 25.2. The summed E-state index contributed by atoms with van der Waals surface area (Å²) in [6.07, 6.45) is 8.98. The molecule has 10 heteroatoms. The molecule has 41 heavy (non-hydrogen) atoms. The number of aromatic nitrogens is 1. The molecular formula is C31H44N4O4S2. The number of thioether (sulfide) groups is 1. The van der Waals surface area contributed by atoms with Gasteiger partial charge in [0.2, 0.25) is 0 Å². The Morgan fingerprint density at radius 3 is 2.44 bits per heavy atom. The van der Waals surface area contributed by atoms with Crippen molar-refractivity contribution in [3.8, 4) is 6.07 Å². The highest BCUT2D eigenvalue weighted by atomic mass is 32.2. The maximum Gasteiger partial charge on any atom is 0.309 e. The quantitative estimate of drug-likeness (QED) is 0.154. The summed E-state index contributed by atoms with van der Waals surface area (Å²) in [7, 11) is 0. The largest absolute Gasteiger partial charge is 0.466 e. The van der Waals surface area contributed by atoms with Gasteiger partial charge in [-0.1, -0.05) is 70.4 Å². The monoisotopic (exact) mass is 600 g/mol. The van der Waals surface area contributed by atoms with Gasteiger partial charge in [0.15, 0.2) is 0 Å². The lowest BCUT2D eigenvalue weighted by Crippen LogP contribution is -2.41. The zero-order valence-corrected chi connectivity index (χ0v) is 26.8. The van der Waals surface area contributed by atoms with Crippen molar-refractivity contribution >= 4 is 52.1 Å². The van der Waals surface area contributed by atoms with Gasteiger partial charge in [0.05, 0.1) is 17.4 Å². The van der Waals surface area contributed by atoms with Crippen LogP contribution in [0.2, 0.25) is 0 Å². The number of hydrogen-bond acceptors (Lipinski definition) is 8. The fourth-order valence-electron chi connectivity index (χ4n) is 5.56. The Hall–Kier alpha value is -2.64. The number of pyridine rings is 1. The van der Waals surface area contributed by atoms with Gasteiger partial charge in [-0.25, -0.2) is 0 Å². The molecule has 0 saturated carbocycles. The number of amides is 1. The van der Waals surface area contributed by atoms with Gasteiger partial charge in [0, 0.05) is 31.7 Å². The Labute approximate surface area is 254 Å². The van der Waals surface area contributed by atoms with Crippen molar-refractivity contribution in [2.24, 2.45) is 11.8 Å². The highest BCUT2D eigenvalue weighted by molar-refractivity contribution is 8.26. The molecule has 1 atom stereocenters.